The standard InChI is InChI=1S/C14H14Cl2N4O/c1-8-6-9(2)18-14(17-8)20-19-13(21)7-10-11(15)4-3-5-12(10)16/h3-6H,7H2,1-2H3,(H,19,21)(H,17,18,20). The fraction of sp³-hybridized carbons (Fsp3) is 0.214. The summed E-state index contributed by atoms with van der Waals surface area (Å²) in [4.78, 5) is 20.2. The van der Waals surface area contributed by atoms with Gasteiger partial charge in [-0.05, 0) is 37.6 Å². The summed E-state index contributed by atoms with van der Waals surface area (Å²) in [6.07, 6.45) is 0.0658. The molecule has 0 saturated heterocycles. The van der Waals surface area contributed by atoms with Crippen LogP contribution in [-0.2, 0) is 11.2 Å². The zero-order valence-corrected chi connectivity index (χ0v) is 13.1. The Hall–Kier alpha value is -1.85. The van der Waals surface area contributed by atoms with Crippen LogP contribution in [0.4, 0.5) is 5.95 Å². The lowest BCUT2D eigenvalue weighted by Crippen LogP contribution is -2.32. The summed E-state index contributed by atoms with van der Waals surface area (Å²) in [5.41, 5.74) is 7.41. The molecule has 21 heavy (non-hydrogen) atoms. The van der Waals surface area contributed by atoms with Gasteiger partial charge in [0.2, 0.25) is 11.9 Å². The number of benzene rings is 1. The second kappa shape index (κ2) is 6.74. The number of hydrogen-bond acceptors (Lipinski definition) is 4. The van der Waals surface area contributed by atoms with Crippen LogP contribution < -0.4 is 10.9 Å². The van der Waals surface area contributed by atoms with Crippen molar-refractivity contribution in [2.24, 2.45) is 0 Å². The van der Waals surface area contributed by atoms with E-state index < -0.39 is 0 Å². The molecule has 1 amide bonds. The van der Waals surface area contributed by atoms with Crippen molar-refractivity contribution in [3.63, 3.8) is 0 Å². The Labute approximate surface area is 132 Å². The normalized spacial score (nSPS) is 10.3. The first-order valence-corrected chi connectivity index (χ1v) is 7.01. The van der Waals surface area contributed by atoms with Crippen molar-refractivity contribution in [1.82, 2.24) is 15.4 Å². The molecule has 0 fully saturated rings. The largest absolute Gasteiger partial charge is 0.273 e. The average molecular weight is 325 g/mol. The van der Waals surface area contributed by atoms with E-state index in [1.807, 2.05) is 19.9 Å². The number of rotatable bonds is 4. The van der Waals surface area contributed by atoms with Gasteiger partial charge in [-0.3, -0.25) is 15.6 Å². The second-order valence-corrected chi connectivity index (χ2v) is 5.34. The summed E-state index contributed by atoms with van der Waals surface area (Å²) >= 11 is 12.0. The molecular formula is C14H14Cl2N4O. The summed E-state index contributed by atoms with van der Waals surface area (Å²) < 4.78 is 0. The zero-order chi connectivity index (χ0) is 15.4. The van der Waals surface area contributed by atoms with Crippen LogP contribution in [-0.4, -0.2) is 15.9 Å². The second-order valence-electron chi connectivity index (χ2n) is 4.52. The topological polar surface area (TPSA) is 66.9 Å². The third kappa shape index (κ3) is 4.31. The number of aryl methyl sites for hydroxylation is 2. The average Bonchev–Trinajstić information content (AvgIpc) is 2.40. The van der Waals surface area contributed by atoms with Crippen LogP contribution >= 0.6 is 23.2 Å². The van der Waals surface area contributed by atoms with E-state index in [0.717, 1.165) is 11.4 Å². The van der Waals surface area contributed by atoms with E-state index >= 15 is 0 Å². The number of amides is 1. The van der Waals surface area contributed by atoms with Crippen molar-refractivity contribution in [3.05, 3.63) is 51.3 Å². The van der Waals surface area contributed by atoms with E-state index in [1.165, 1.54) is 0 Å². The maximum Gasteiger partial charge on any atom is 0.242 e. The minimum Gasteiger partial charge on any atom is -0.273 e. The lowest BCUT2D eigenvalue weighted by Gasteiger charge is -2.10. The van der Waals surface area contributed by atoms with Gasteiger partial charge >= 0.3 is 0 Å². The third-order valence-electron chi connectivity index (χ3n) is 2.70. The molecule has 2 aromatic rings. The van der Waals surface area contributed by atoms with Crippen LogP contribution in [0.15, 0.2) is 24.3 Å². The Morgan fingerprint density at radius 3 is 2.29 bits per heavy atom. The van der Waals surface area contributed by atoms with Gasteiger partial charge in [0.1, 0.15) is 0 Å². The summed E-state index contributed by atoms with van der Waals surface area (Å²) in [7, 11) is 0. The lowest BCUT2D eigenvalue weighted by atomic mass is 10.1. The molecule has 1 heterocycles. The van der Waals surface area contributed by atoms with Gasteiger partial charge in [-0.1, -0.05) is 29.3 Å². The van der Waals surface area contributed by atoms with Gasteiger partial charge in [0.15, 0.2) is 0 Å². The molecule has 0 spiro atoms. The van der Waals surface area contributed by atoms with E-state index in [1.54, 1.807) is 18.2 Å². The molecule has 2 rings (SSSR count). The predicted molar refractivity (Wildman–Crippen MR) is 83.4 cm³/mol. The number of hydrogen-bond donors (Lipinski definition) is 2. The number of carbonyl (C=O) groups is 1. The summed E-state index contributed by atoms with van der Waals surface area (Å²) in [5, 5.41) is 0.917. The van der Waals surface area contributed by atoms with Gasteiger partial charge in [-0.2, -0.15) is 0 Å². The Morgan fingerprint density at radius 1 is 1.14 bits per heavy atom. The summed E-state index contributed by atoms with van der Waals surface area (Å²) in [6, 6.07) is 6.96. The molecular weight excluding hydrogens is 311 g/mol. The molecule has 7 heteroatoms. The predicted octanol–water partition coefficient (Wildman–Crippen LogP) is 3.09. The van der Waals surface area contributed by atoms with E-state index in [2.05, 4.69) is 20.8 Å². The fourth-order valence-electron chi connectivity index (χ4n) is 1.81. The van der Waals surface area contributed by atoms with Crippen molar-refractivity contribution >= 4 is 35.1 Å². The Bertz CT molecular complexity index is 636. The quantitative estimate of drug-likeness (QED) is 0.848. The van der Waals surface area contributed by atoms with Gasteiger partial charge in [0.05, 0.1) is 6.42 Å². The number of aromatic nitrogens is 2. The molecule has 0 radical (unpaired) electrons. The third-order valence-corrected chi connectivity index (χ3v) is 3.40. The summed E-state index contributed by atoms with van der Waals surface area (Å²) in [6.45, 7) is 3.70. The van der Waals surface area contributed by atoms with Crippen molar-refractivity contribution in [3.8, 4) is 0 Å². The van der Waals surface area contributed by atoms with Crippen LogP contribution in [0.3, 0.4) is 0 Å². The Morgan fingerprint density at radius 2 is 1.71 bits per heavy atom. The fourth-order valence-corrected chi connectivity index (χ4v) is 2.34. The smallest absolute Gasteiger partial charge is 0.242 e. The van der Waals surface area contributed by atoms with Gasteiger partial charge in [0.25, 0.3) is 0 Å². The van der Waals surface area contributed by atoms with E-state index in [0.29, 0.717) is 21.6 Å². The monoisotopic (exact) mass is 324 g/mol. The minimum atomic E-state index is -0.284. The Balaban J connectivity index is 1.99. The molecule has 0 atom stereocenters. The number of carbonyl (C=O) groups excluding carboxylic acids is 1. The van der Waals surface area contributed by atoms with Crippen LogP contribution in [0, 0.1) is 13.8 Å². The highest BCUT2D eigenvalue weighted by molar-refractivity contribution is 6.36. The molecule has 2 N–H and O–H groups in total. The summed E-state index contributed by atoms with van der Waals surface area (Å²) in [5.74, 6) is 0.0545. The molecule has 1 aromatic heterocycles. The highest BCUT2D eigenvalue weighted by Crippen LogP contribution is 2.24. The van der Waals surface area contributed by atoms with Gasteiger partial charge in [-0.15, -0.1) is 0 Å². The maximum atomic E-state index is 11.9. The molecule has 1 aromatic carbocycles. The van der Waals surface area contributed by atoms with Crippen molar-refractivity contribution in [2.75, 3.05) is 5.43 Å². The first-order chi connectivity index (χ1) is 9.95. The van der Waals surface area contributed by atoms with Crippen LogP contribution in [0.1, 0.15) is 17.0 Å². The lowest BCUT2D eigenvalue weighted by molar-refractivity contribution is -0.119. The maximum absolute atomic E-state index is 11.9. The molecule has 0 saturated carbocycles. The van der Waals surface area contributed by atoms with Gasteiger partial charge < -0.3 is 0 Å². The van der Waals surface area contributed by atoms with E-state index in [-0.39, 0.29) is 12.3 Å². The minimum absolute atomic E-state index is 0.0658. The van der Waals surface area contributed by atoms with E-state index in [9.17, 15) is 4.79 Å². The van der Waals surface area contributed by atoms with Gasteiger partial charge in [0, 0.05) is 21.4 Å². The van der Waals surface area contributed by atoms with E-state index in [4.69, 9.17) is 23.2 Å². The van der Waals surface area contributed by atoms with Crippen LogP contribution in [0.2, 0.25) is 10.0 Å². The number of anilines is 1. The SMILES string of the molecule is Cc1cc(C)nc(NNC(=O)Cc2c(Cl)cccc2Cl)n1. The molecule has 0 aliphatic carbocycles. The number of nitrogens with zero attached hydrogens (tertiary/aromatic N) is 2. The highest BCUT2D eigenvalue weighted by atomic mass is 35.5. The highest BCUT2D eigenvalue weighted by Gasteiger charge is 2.11. The molecule has 0 aliphatic rings. The first-order valence-electron chi connectivity index (χ1n) is 6.25. The molecule has 5 nitrogen and oxygen atoms in total. The Kier molecular flexibility index (Phi) is 4.98. The van der Waals surface area contributed by atoms with Crippen LogP contribution in [0.5, 0.6) is 0 Å². The molecule has 0 unspecified atom stereocenters. The van der Waals surface area contributed by atoms with Crippen LogP contribution in [0.25, 0.3) is 0 Å². The zero-order valence-electron chi connectivity index (χ0n) is 11.6. The van der Waals surface area contributed by atoms with Crippen molar-refractivity contribution in [1.29, 1.82) is 0 Å². The van der Waals surface area contributed by atoms with Crippen molar-refractivity contribution < 1.29 is 4.79 Å². The van der Waals surface area contributed by atoms with Crippen molar-refractivity contribution in [2.45, 2.75) is 20.3 Å². The molecule has 0 bridgehead atoms. The first kappa shape index (κ1) is 15.5. The number of nitrogens with one attached hydrogen (secondary N) is 2. The number of hydrazine groups is 1. The molecule has 110 valence electrons. The number of halogens is 2. The van der Waals surface area contributed by atoms with Gasteiger partial charge in [-0.25, -0.2) is 9.97 Å². The molecule has 0 aliphatic heterocycles.